The molecule has 4 aromatic rings. The predicted octanol–water partition coefficient (Wildman–Crippen LogP) is 3.19. The molecule has 1 fully saturated rings. The molecule has 1 aromatic carbocycles. The highest BCUT2D eigenvalue weighted by Crippen LogP contribution is 2.32. The fraction of sp³-hybridized carbons (Fsp3) is 0.321. The van der Waals surface area contributed by atoms with E-state index in [0.717, 1.165) is 48.9 Å². The second-order valence-corrected chi connectivity index (χ2v) is 9.46. The molecular formula is C28H31N9O. The molecule has 0 radical (unpaired) electrons. The maximum absolute atomic E-state index is 10.3. The Bertz CT molecular complexity index is 1500. The third-order valence-corrected chi connectivity index (χ3v) is 6.75. The molecule has 5 rings (SSSR count). The quantitative estimate of drug-likeness (QED) is 0.399. The van der Waals surface area contributed by atoms with Crippen molar-refractivity contribution in [3.8, 4) is 28.8 Å². The standard InChI is InChI=1S/C28H31N9O/c1-19-17-21(3)37(34-19)13-6-9-26-30-12-10-27(31-26)36-16-15-35(14-11-20(36)2)24-18-23(32-33-28(24)29)22-7-4-5-8-25(22)38/h4-5,7-8,10,12,17-18,20,38H,11,13-16H2,1-3H3,(H2,29,33)/t20-/m1/s1. The van der Waals surface area contributed by atoms with E-state index < -0.39 is 0 Å². The first-order chi connectivity index (χ1) is 18.4. The summed E-state index contributed by atoms with van der Waals surface area (Å²) in [4.78, 5) is 13.6. The first kappa shape index (κ1) is 25.0. The van der Waals surface area contributed by atoms with Crippen LogP contribution in [0.15, 0.2) is 48.7 Å². The van der Waals surface area contributed by atoms with Crippen molar-refractivity contribution in [3.63, 3.8) is 0 Å². The molecule has 10 nitrogen and oxygen atoms in total. The van der Waals surface area contributed by atoms with Gasteiger partial charge < -0.3 is 20.6 Å². The number of phenols is 1. The highest BCUT2D eigenvalue weighted by molar-refractivity contribution is 5.74. The van der Waals surface area contributed by atoms with Crippen molar-refractivity contribution in [1.82, 2.24) is 29.9 Å². The third kappa shape index (κ3) is 5.37. The van der Waals surface area contributed by atoms with Crippen molar-refractivity contribution in [2.75, 3.05) is 35.2 Å². The summed E-state index contributed by atoms with van der Waals surface area (Å²) in [6.07, 6.45) is 2.66. The Hall–Kier alpha value is -4.65. The minimum absolute atomic E-state index is 0.158. The lowest BCUT2D eigenvalue weighted by molar-refractivity contribution is 0.477. The SMILES string of the molecule is Cc1cc(C)n(CC#Cc2nccc(N3CCN(c4cc(-c5ccccc5O)nnc4N)CC[C@H]3C)n2)n1. The number of para-hydroxylation sites is 1. The average Bonchev–Trinajstić information content (AvgIpc) is 3.10. The Morgan fingerprint density at radius 2 is 1.92 bits per heavy atom. The summed E-state index contributed by atoms with van der Waals surface area (Å²) >= 11 is 0. The van der Waals surface area contributed by atoms with Crippen molar-refractivity contribution in [2.24, 2.45) is 0 Å². The monoisotopic (exact) mass is 509 g/mol. The summed E-state index contributed by atoms with van der Waals surface area (Å²) in [6, 6.07) is 13.2. The summed E-state index contributed by atoms with van der Waals surface area (Å²) < 4.78 is 1.88. The van der Waals surface area contributed by atoms with Crippen LogP contribution in [0.2, 0.25) is 0 Å². The molecule has 0 spiro atoms. The van der Waals surface area contributed by atoms with Gasteiger partial charge in [0.2, 0.25) is 5.82 Å². The highest BCUT2D eigenvalue weighted by atomic mass is 16.3. The van der Waals surface area contributed by atoms with Crippen LogP contribution in [0, 0.1) is 25.7 Å². The van der Waals surface area contributed by atoms with Crippen molar-refractivity contribution in [2.45, 2.75) is 39.8 Å². The fourth-order valence-corrected chi connectivity index (χ4v) is 4.70. The smallest absolute Gasteiger partial charge is 0.206 e. The molecule has 3 aromatic heterocycles. The summed E-state index contributed by atoms with van der Waals surface area (Å²) in [5.41, 5.74) is 10.3. The summed E-state index contributed by atoms with van der Waals surface area (Å²) in [5.74, 6) is 8.09. The molecule has 0 unspecified atom stereocenters. The van der Waals surface area contributed by atoms with Crippen LogP contribution in [-0.2, 0) is 6.54 Å². The van der Waals surface area contributed by atoms with Gasteiger partial charge in [-0.3, -0.25) is 4.68 Å². The lowest BCUT2D eigenvalue weighted by Crippen LogP contribution is -2.35. The van der Waals surface area contributed by atoms with E-state index >= 15 is 0 Å². The van der Waals surface area contributed by atoms with Crippen LogP contribution in [0.25, 0.3) is 11.3 Å². The van der Waals surface area contributed by atoms with Crippen molar-refractivity contribution < 1.29 is 5.11 Å². The fourth-order valence-electron chi connectivity index (χ4n) is 4.70. The van der Waals surface area contributed by atoms with Gasteiger partial charge in [0.15, 0.2) is 5.82 Å². The van der Waals surface area contributed by atoms with Gasteiger partial charge in [-0.2, -0.15) is 5.10 Å². The number of rotatable bonds is 4. The minimum Gasteiger partial charge on any atom is -0.507 e. The molecule has 194 valence electrons. The van der Waals surface area contributed by atoms with Crippen molar-refractivity contribution in [3.05, 3.63) is 65.9 Å². The van der Waals surface area contributed by atoms with Crippen LogP contribution in [0.1, 0.15) is 30.6 Å². The number of phenolic OH excluding ortho intramolecular Hbond substituents is 1. The average molecular weight is 510 g/mol. The Labute approximate surface area is 222 Å². The molecule has 1 aliphatic heterocycles. The number of aromatic hydroxyl groups is 1. The van der Waals surface area contributed by atoms with Gasteiger partial charge in [0.1, 0.15) is 18.1 Å². The zero-order valence-electron chi connectivity index (χ0n) is 21.8. The van der Waals surface area contributed by atoms with Crippen LogP contribution in [0.4, 0.5) is 17.3 Å². The molecule has 1 aliphatic rings. The van der Waals surface area contributed by atoms with E-state index in [1.54, 1.807) is 18.3 Å². The van der Waals surface area contributed by atoms with Crippen LogP contribution < -0.4 is 15.5 Å². The van der Waals surface area contributed by atoms with E-state index in [9.17, 15) is 5.11 Å². The number of hydrogen-bond donors (Lipinski definition) is 2. The van der Waals surface area contributed by atoms with Gasteiger partial charge in [-0.15, -0.1) is 10.2 Å². The van der Waals surface area contributed by atoms with Crippen LogP contribution >= 0.6 is 0 Å². The summed E-state index contributed by atoms with van der Waals surface area (Å²) in [6.45, 7) is 8.94. The number of hydrogen-bond acceptors (Lipinski definition) is 9. The van der Waals surface area contributed by atoms with Gasteiger partial charge >= 0.3 is 0 Å². The highest BCUT2D eigenvalue weighted by Gasteiger charge is 2.24. The van der Waals surface area contributed by atoms with E-state index in [4.69, 9.17) is 10.7 Å². The van der Waals surface area contributed by atoms with E-state index in [-0.39, 0.29) is 11.8 Å². The zero-order valence-corrected chi connectivity index (χ0v) is 21.8. The Morgan fingerprint density at radius 1 is 1.08 bits per heavy atom. The normalized spacial score (nSPS) is 15.6. The number of nitrogens with zero attached hydrogens (tertiary/aromatic N) is 8. The molecule has 1 saturated heterocycles. The molecule has 0 aliphatic carbocycles. The second kappa shape index (κ2) is 10.8. The number of aryl methyl sites for hydroxylation is 2. The molecule has 38 heavy (non-hydrogen) atoms. The van der Waals surface area contributed by atoms with Crippen LogP contribution in [0.3, 0.4) is 0 Å². The van der Waals surface area contributed by atoms with Gasteiger partial charge in [-0.05, 0) is 63.4 Å². The Kier molecular flexibility index (Phi) is 7.09. The molecule has 0 bridgehead atoms. The van der Waals surface area contributed by atoms with Gasteiger partial charge in [-0.25, -0.2) is 9.97 Å². The van der Waals surface area contributed by atoms with Gasteiger partial charge in [0.05, 0.1) is 17.1 Å². The topological polar surface area (TPSA) is 122 Å². The molecular weight excluding hydrogens is 478 g/mol. The molecule has 1 atom stereocenters. The minimum atomic E-state index is 0.158. The van der Waals surface area contributed by atoms with Gasteiger partial charge in [-0.1, -0.05) is 18.1 Å². The number of aromatic nitrogens is 6. The predicted molar refractivity (Wildman–Crippen MR) is 148 cm³/mol. The van der Waals surface area contributed by atoms with Crippen LogP contribution in [-0.4, -0.2) is 60.7 Å². The van der Waals surface area contributed by atoms with Crippen molar-refractivity contribution >= 4 is 17.3 Å². The lowest BCUT2D eigenvalue weighted by Gasteiger charge is -2.28. The summed E-state index contributed by atoms with van der Waals surface area (Å²) in [7, 11) is 0. The maximum Gasteiger partial charge on any atom is 0.206 e. The second-order valence-electron chi connectivity index (χ2n) is 9.46. The number of nitrogens with two attached hydrogens (primary N) is 1. The summed E-state index contributed by atoms with van der Waals surface area (Å²) in [5, 5.41) is 23.1. The maximum atomic E-state index is 10.3. The van der Waals surface area contributed by atoms with Gasteiger partial charge in [0, 0.05) is 43.1 Å². The largest absolute Gasteiger partial charge is 0.507 e. The van der Waals surface area contributed by atoms with Crippen LogP contribution in [0.5, 0.6) is 5.75 Å². The first-order valence-electron chi connectivity index (χ1n) is 12.6. The number of nitrogen functional groups attached to an aromatic ring is 1. The van der Waals surface area contributed by atoms with E-state index in [1.807, 2.05) is 48.9 Å². The van der Waals surface area contributed by atoms with Gasteiger partial charge in [0.25, 0.3) is 0 Å². The molecule has 0 amide bonds. The molecule has 10 heteroatoms. The van der Waals surface area contributed by atoms with E-state index in [1.165, 1.54) is 0 Å². The Balaban J connectivity index is 1.32. The van der Waals surface area contributed by atoms with E-state index in [2.05, 4.69) is 48.8 Å². The number of benzene rings is 1. The zero-order chi connectivity index (χ0) is 26.6. The molecule has 3 N–H and O–H groups in total. The third-order valence-electron chi connectivity index (χ3n) is 6.75. The first-order valence-corrected chi connectivity index (χ1v) is 12.6. The van der Waals surface area contributed by atoms with E-state index in [0.29, 0.717) is 29.4 Å². The number of anilines is 3. The molecule has 0 saturated carbocycles. The molecule has 4 heterocycles. The van der Waals surface area contributed by atoms with Crippen molar-refractivity contribution in [1.29, 1.82) is 0 Å². The lowest BCUT2D eigenvalue weighted by atomic mass is 10.1. The Morgan fingerprint density at radius 3 is 2.71 bits per heavy atom.